The predicted molar refractivity (Wildman–Crippen MR) is 77.7 cm³/mol. The standard InChI is InChI=1S/C15H31N3/c1-5-18(11-15(2,3)10-16)14-8-12-6-7-13(9-14)17(12)4/h12-14H,5-11,16H2,1-4H3. The molecule has 2 aliphatic rings. The molecule has 0 amide bonds. The van der Waals surface area contributed by atoms with Crippen molar-refractivity contribution in [2.45, 2.75) is 64.6 Å². The van der Waals surface area contributed by atoms with Gasteiger partial charge >= 0.3 is 0 Å². The van der Waals surface area contributed by atoms with Crippen molar-refractivity contribution < 1.29 is 0 Å². The largest absolute Gasteiger partial charge is 0.330 e. The number of nitrogens with zero attached hydrogens (tertiary/aromatic N) is 2. The lowest BCUT2D eigenvalue weighted by Gasteiger charge is -2.43. The molecule has 0 aromatic carbocycles. The molecule has 2 N–H and O–H groups in total. The lowest BCUT2D eigenvalue weighted by molar-refractivity contribution is 0.0567. The molecule has 0 aromatic rings. The van der Waals surface area contributed by atoms with Crippen LogP contribution >= 0.6 is 0 Å². The Morgan fingerprint density at radius 1 is 1.22 bits per heavy atom. The molecule has 2 fully saturated rings. The fraction of sp³-hybridized carbons (Fsp3) is 1.00. The minimum absolute atomic E-state index is 0.248. The average Bonchev–Trinajstić information content (AvgIpc) is 2.57. The van der Waals surface area contributed by atoms with Gasteiger partial charge in [-0.25, -0.2) is 0 Å². The molecule has 3 heteroatoms. The molecular weight excluding hydrogens is 222 g/mol. The molecule has 2 rings (SSSR count). The Kier molecular flexibility index (Phi) is 4.35. The summed E-state index contributed by atoms with van der Waals surface area (Å²) in [7, 11) is 2.32. The molecule has 2 unspecified atom stereocenters. The molecule has 2 bridgehead atoms. The van der Waals surface area contributed by atoms with Crippen molar-refractivity contribution in [3.8, 4) is 0 Å². The summed E-state index contributed by atoms with van der Waals surface area (Å²) in [6.07, 6.45) is 5.55. The van der Waals surface area contributed by atoms with Gasteiger partial charge in [0, 0.05) is 24.7 Å². The Labute approximate surface area is 113 Å². The predicted octanol–water partition coefficient (Wildman–Crippen LogP) is 1.92. The molecule has 18 heavy (non-hydrogen) atoms. The molecular formula is C15H31N3. The van der Waals surface area contributed by atoms with E-state index in [-0.39, 0.29) is 5.41 Å². The third-order valence-corrected chi connectivity index (χ3v) is 5.18. The average molecular weight is 253 g/mol. The van der Waals surface area contributed by atoms with Crippen LogP contribution in [0.25, 0.3) is 0 Å². The third kappa shape index (κ3) is 2.89. The molecule has 0 spiro atoms. The quantitative estimate of drug-likeness (QED) is 0.812. The molecule has 2 heterocycles. The molecule has 0 aromatic heterocycles. The van der Waals surface area contributed by atoms with Gasteiger partial charge in [-0.15, -0.1) is 0 Å². The van der Waals surface area contributed by atoms with E-state index in [0.29, 0.717) is 0 Å². The van der Waals surface area contributed by atoms with Crippen LogP contribution in [0.2, 0.25) is 0 Å². The highest BCUT2D eigenvalue weighted by atomic mass is 15.2. The van der Waals surface area contributed by atoms with E-state index < -0.39 is 0 Å². The Bertz CT molecular complexity index is 263. The number of hydrogen-bond donors (Lipinski definition) is 1. The van der Waals surface area contributed by atoms with Gasteiger partial charge < -0.3 is 10.6 Å². The van der Waals surface area contributed by atoms with Crippen LogP contribution in [0.4, 0.5) is 0 Å². The zero-order valence-electron chi connectivity index (χ0n) is 12.7. The topological polar surface area (TPSA) is 32.5 Å². The molecule has 2 atom stereocenters. The van der Waals surface area contributed by atoms with Gasteiger partial charge in [0.1, 0.15) is 0 Å². The first kappa shape index (κ1) is 14.3. The maximum atomic E-state index is 5.89. The van der Waals surface area contributed by atoms with Gasteiger partial charge in [0.05, 0.1) is 0 Å². The summed E-state index contributed by atoms with van der Waals surface area (Å²) in [4.78, 5) is 5.31. The van der Waals surface area contributed by atoms with Crippen molar-refractivity contribution in [3.05, 3.63) is 0 Å². The zero-order valence-corrected chi connectivity index (χ0v) is 12.7. The van der Waals surface area contributed by atoms with Gasteiger partial charge in [-0.1, -0.05) is 20.8 Å². The van der Waals surface area contributed by atoms with Gasteiger partial charge in [-0.2, -0.15) is 0 Å². The molecule has 0 saturated carbocycles. The highest BCUT2D eigenvalue weighted by Gasteiger charge is 2.40. The fourth-order valence-electron chi connectivity index (χ4n) is 3.79. The van der Waals surface area contributed by atoms with Crippen LogP contribution in [-0.2, 0) is 0 Å². The second kappa shape index (κ2) is 5.48. The van der Waals surface area contributed by atoms with Crippen molar-refractivity contribution in [1.82, 2.24) is 9.80 Å². The lowest BCUT2D eigenvalue weighted by atomic mass is 9.90. The maximum Gasteiger partial charge on any atom is 0.0125 e. The van der Waals surface area contributed by atoms with Crippen molar-refractivity contribution >= 4 is 0 Å². The molecule has 0 radical (unpaired) electrons. The Morgan fingerprint density at radius 3 is 2.22 bits per heavy atom. The SMILES string of the molecule is CCN(CC(C)(C)CN)C1CC2CCC(C1)N2C. The van der Waals surface area contributed by atoms with E-state index in [2.05, 4.69) is 37.6 Å². The number of rotatable bonds is 5. The molecule has 0 aliphatic carbocycles. The third-order valence-electron chi connectivity index (χ3n) is 5.18. The van der Waals surface area contributed by atoms with E-state index in [1.807, 2.05) is 0 Å². The van der Waals surface area contributed by atoms with E-state index in [4.69, 9.17) is 5.73 Å². The highest BCUT2D eigenvalue weighted by Crippen LogP contribution is 2.36. The molecule has 2 saturated heterocycles. The van der Waals surface area contributed by atoms with E-state index >= 15 is 0 Å². The van der Waals surface area contributed by atoms with Crippen molar-refractivity contribution in [3.63, 3.8) is 0 Å². The van der Waals surface area contributed by atoms with Crippen molar-refractivity contribution in [2.75, 3.05) is 26.7 Å². The van der Waals surface area contributed by atoms with E-state index in [9.17, 15) is 0 Å². The van der Waals surface area contributed by atoms with Crippen LogP contribution in [0.5, 0.6) is 0 Å². The zero-order chi connectivity index (χ0) is 13.3. The second-order valence-electron chi connectivity index (χ2n) is 7.11. The Hall–Kier alpha value is -0.120. The Morgan fingerprint density at radius 2 is 1.78 bits per heavy atom. The van der Waals surface area contributed by atoms with Crippen LogP contribution in [-0.4, -0.2) is 54.6 Å². The van der Waals surface area contributed by atoms with Gasteiger partial charge in [0.25, 0.3) is 0 Å². The summed E-state index contributed by atoms with van der Waals surface area (Å²) >= 11 is 0. The molecule has 2 aliphatic heterocycles. The van der Waals surface area contributed by atoms with Crippen LogP contribution in [0, 0.1) is 5.41 Å². The summed E-state index contributed by atoms with van der Waals surface area (Å²) in [5.74, 6) is 0. The van der Waals surface area contributed by atoms with Crippen LogP contribution in [0.15, 0.2) is 0 Å². The lowest BCUT2D eigenvalue weighted by Crippen LogP contribution is -2.51. The number of piperidine rings is 1. The molecule has 3 nitrogen and oxygen atoms in total. The molecule has 106 valence electrons. The summed E-state index contributed by atoms with van der Waals surface area (Å²) in [6, 6.07) is 2.46. The first-order chi connectivity index (χ1) is 8.46. The van der Waals surface area contributed by atoms with Gasteiger partial charge in [-0.3, -0.25) is 4.90 Å². The number of nitrogens with two attached hydrogens (primary N) is 1. The highest BCUT2D eigenvalue weighted by molar-refractivity contribution is 4.97. The van der Waals surface area contributed by atoms with Gasteiger partial charge in [-0.05, 0) is 51.2 Å². The van der Waals surface area contributed by atoms with Crippen molar-refractivity contribution in [2.24, 2.45) is 11.1 Å². The van der Waals surface area contributed by atoms with Crippen LogP contribution in [0.3, 0.4) is 0 Å². The van der Waals surface area contributed by atoms with Gasteiger partial charge in [0.15, 0.2) is 0 Å². The first-order valence-corrected chi connectivity index (χ1v) is 7.63. The maximum absolute atomic E-state index is 5.89. The smallest absolute Gasteiger partial charge is 0.0125 e. The minimum atomic E-state index is 0.248. The normalized spacial score (nSPS) is 33.3. The summed E-state index contributed by atoms with van der Waals surface area (Å²) in [6.45, 7) is 9.97. The van der Waals surface area contributed by atoms with E-state index in [0.717, 1.165) is 37.8 Å². The first-order valence-electron chi connectivity index (χ1n) is 7.63. The summed E-state index contributed by atoms with van der Waals surface area (Å²) < 4.78 is 0. The van der Waals surface area contributed by atoms with Crippen molar-refractivity contribution in [1.29, 1.82) is 0 Å². The monoisotopic (exact) mass is 253 g/mol. The summed E-state index contributed by atoms with van der Waals surface area (Å²) in [5.41, 5.74) is 6.14. The number of hydrogen-bond acceptors (Lipinski definition) is 3. The fourth-order valence-corrected chi connectivity index (χ4v) is 3.79. The van der Waals surface area contributed by atoms with E-state index in [1.54, 1.807) is 0 Å². The van der Waals surface area contributed by atoms with Crippen LogP contribution in [0.1, 0.15) is 46.5 Å². The summed E-state index contributed by atoms with van der Waals surface area (Å²) in [5, 5.41) is 0. The van der Waals surface area contributed by atoms with Crippen LogP contribution < -0.4 is 5.73 Å². The Balaban J connectivity index is 1.97. The number of fused-ring (bicyclic) bond motifs is 2. The second-order valence-corrected chi connectivity index (χ2v) is 7.11. The van der Waals surface area contributed by atoms with E-state index in [1.165, 1.54) is 25.7 Å². The minimum Gasteiger partial charge on any atom is -0.330 e. The van der Waals surface area contributed by atoms with Gasteiger partial charge in [0.2, 0.25) is 0 Å².